The number of aromatic amines is 2. The lowest BCUT2D eigenvalue weighted by atomic mass is 10.2. The van der Waals surface area contributed by atoms with Crippen LogP contribution in [0.1, 0.15) is 23.0 Å². The minimum absolute atomic E-state index is 0.0890. The molecule has 2 aromatic heterocycles. The molecule has 0 saturated heterocycles. The SMILES string of the molecule is CCOC(=O)c1c(NS(=O)(=O)c2cc[nH]c2)c[nH]c1C. The minimum atomic E-state index is -3.74. The van der Waals surface area contributed by atoms with E-state index in [0.717, 1.165) is 0 Å². The largest absolute Gasteiger partial charge is 0.462 e. The molecule has 2 rings (SSSR count). The Balaban J connectivity index is 2.34. The highest BCUT2D eigenvalue weighted by Crippen LogP contribution is 2.23. The van der Waals surface area contributed by atoms with Crippen molar-refractivity contribution in [2.75, 3.05) is 11.3 Å². The molecule has 7 nitrogen and oxygen atoms in total. The highest BCUT2D eigenvalue weighted by atomic mass is 32.2. The number of nitrogens with one attached hydrogen (secondary N) is 3. The standard InChI is InChI=1S/C12H15N3O4S/c1-3-19-12(16)11-8(2)14-7-10(11)15-20(17,18)9-4-5-13-6-9/h4-7,13-15H,3H2,1-2H3. The molecular formula is C12H15N3O4S. The van der Waals surface area contributed by atoms with Crippen LogP contribution in [0.5, 0.6) is 0 Å². The van der Waals surface area contributed by atoms with Gasteiger partial charge >= 0.3 is 5.97 Å². The van der Waals surface area contributed by atoms with Crippen molar-refractivity contribution in [3.63, 3.8) is 0 Å². The van der Waals surface area contributed by atoms with E-state index in [1.54, 1.807) is 13.8 Å². The molecule has 0 spiro atoms. The predicted molar refractivity (Wildman–Crippen MR) is 73.1 cm³/mol. The second-order valence-corrected chi connectivity index (χ2v) is 5.76. The van der Waals surface area contributed by atoms with Gasteiger partial charge in [-0.1, -0.05) is 0 Å². The maximum absolute atomic E-state index is 12.1. The number of carbonyl (C=O) groups excluding carboxylic acids is 1. The number of anilines is 1. The van der Waals surface area contributed by atoms with Gasteiger partial charge in [0.2, 0.25) is 0 Å². The van der Waals surface area contributed by atoms with Crippen molar-refractivity contribution >= 4 is 21.7 Å². The smallest absolute Gasteiger partial charge is 0.342 e. The monoisotopic (exact) mass is 297 g/mol. The first-order valence-corrected chi connectivity index (χ1v) is 7.44. The number of hydrogen-bond acceptors (Lipinski definition) is 4. The third kappa shape index (κ3) is 2.69. The molecule has 108 valence electrons. The fourth-order valence-corrected chi connectivity index (χ4v) is 2.79. The predicted octanol–water partition coefficient (Wildman–Crippen LogP) is 1.63. The van der Waals surface area contributed by atoms with Crippen molar-refractivity contribution in [1.82, 2.24) is 9.97 Å². The Bertz CT molecular complexity index is 701. The Morgan fingerprint density at radius 2 is 2.15 bits per heavy atom. The van der Waals surface area contributed by atoms with Crippen LogP contribution in [0.4, 0.5) is 5.69 Å². The molecule has 20 heavy (non-hydrogen) atoms. The van der Waals surface area contributed by atoms with Crippen LogP contribution >= 0.6 is 0 Å². The Morgan fingerprint density at radius 1 is 1.40 bits per heavy atom. The zero-order valence-electron chi connectivity index (χ0n) is 11.1. The highest BCUT2D eigenvalue weighted by molar-refractivity contribution is 7.92. The molecule has 3 N–H and O–H groups in total. The maximum atomic E-state index is 12.1. The molecule has 2 heterocycles. The number of hydrogen-bond donors (Lipinski definition) is 3. The molecule has 0 atom stereocenters. The number of aryl methyl sites for hydroxylation is 1. The average molecular weight is 297 g/mol. The number of sulfonamides is 1. The molecule has 8 heteroatoms. The van der Waals surface area contributed by atoms with Crippen LogP contribution in [0, 0.1) is 6.92 Å². The van der Waals surface area contributed by atoms with E-state index in [9.17, 15) is 13.2 Å². The van der Waals surface area contributed by atoms with Crippen molar-refractivity contribution in [2.24, 2.45) is 0 Å². The summed E-state index contributed by atoms with van der Waals surface area (Å²) in [6.45, 7) is 3.57. The lowest BCUT2D eigenvalue weighted by Gasteiger charge is -2.08. The van der Waals surface area contributed by atoms with Gasteiger partial charge in [-0.2, -0.15) is 0 Å². The Kier molecular flexibility index (Phi) is 3.84. The summed E-state index contributed by atoms with van der Waals surface area (Å²) < 4.78 is 31.5. The van der Waals surface area contributed by atoms with Crippen molar-refractivity contribution in [3.05, 3.63) is 35.9 Å². The zero-order valence-corrected chi connectivity index (χ0v) is 11.9. The van der Waals surface area contributed by atoms with E-state index >= 15 is 0 Å². The number of rotatable bonds is 5. The highest BCUT2D eigenvalue weighted by Gasteiger charge is 2.22. The summed E-state index contributed by atoms with van der Waals surface area (Å²) in [6.07, 6.45) is 4.28. The van der Waals surface area contributed by atoms with Crippen molar-refractivity contribution in [3.8, 4) is 0 Å². The van der Waals surface area contributed by atoms with Gasteiger partial charge in [-0.05, 0) is 19.9 Å². The molecule has 0 unspecified atom stereocenters. The van der Waals surface area contributed by atoms with Crippen LogP contribution in [0.25, 0.3) is 0 Å². The fourth-order valence-electron chi connectivity index (χ4n) is 1.75. The van der Waals surface area contributed by atoms with Gasteiger partial charge in [0.25, 0.3) is 10.0 Å². The Morgan fingerprint density at radius 3 is 2.75 bits per heavy atom. The van der Waals surface area contributed by atoms with E-state index in [0.29, 0.717) is 5.69 Å². The lowest BCUT2D eigenvalue weighted by molar-refractivity contribution is 0.0527. The molecule has 0 amide bonds. The van der Waals surface area contributed by atoms with Crippen LogP contribution < -0.4 is 4.72 Å². The van der Waals surface area contributed by atoms with Gasteiger partial charge in [0, 0.05) is 24.3 Å². The van der Waals surface area contributed by atoms with Crippen molar-refractivity contribution in [2.45, 2.75) is 18.7 Å². The Hall–Kier alpha value is -2.22. The van der Waals surface area contributed by atoms with Gasteiger partial charge in [0.1, 0.15) is 10.5 Å². The molecule has 0 aliphatic heterocycles. The summed E-state index contributed by atoms with van der Waals surface area (Å²) in [4.78, 5) is 17.4. The van der Waals surface area contributed by atoms with E-state index in [1.807, 2.05) is 0 Å². The summed E-state index contributed by atoms with van der Waals surface area (Å²) in [6, 6.07) is 1.42. The number of H-pyrrole nitrogens is 2. The summed E-state index contributed by atoms with van der Waals surface area (Å²) in [7, 11) is -3.74. The summed E-state index contributed by atoms with van der Waals surface area (Å²) >= 11 is 0. The molecule has 2 aromatic rings. The topological polar surface area (TPSA) is 104 Å². The van der Waals surface area contributed by atoms with Crippen LogP contribution in [-0.4, -0.2) is 31.0 Å². The first-order chi connectivity index (χ1) is 9.45. The van der Waals surface area contributed by atoms with Gasteiger partial charge in [0.15, 0.2) is 0 Å². The quantitative estimate of drug-likeness (QED) is 0.729. The zero-order chi connectivity index (χ0) is 14.8. The number of esters is 1. The minimum Gasteiger partial charge on any atom is -0.462 e. The van der Waals surface area contributed by atoms with E-state index in [-0.39, 0.29) is 22.8 Å². The van der Waals surface area contributed by atoms with Crippen LogP contribution in [0.15, 0.2) is 29.6 Å². The molecule has 0 saturated carbocycles. The van der Waals surface area contributed by atoms with E-state index in [2.05, 4.69) is 14.7 Å². The second-order valence-electron chi connectivity index (χ2n) is 4.08. The average Bonchev–Trinajstić information content (AvgIpc) is 2.99. The van der Waals surface area contributed by atoms with Gasteiger partial charge in [0.05, 0.1) is 12.3 Å². The van der Waals surface area contributed by atoms with Crippen molar-refractivity contribution in [1.29, 1.82) is 0 Å². The van der Waals surface area contributed by atoms with E-state index in [1.165, 1.54) is 24.7 Å². The molecular weight excluding hydrogens is 282 g/mol. The van der Waals surface area contributed by atoms with Gasteiger partial charge in [-0.15, -0.1) is 0 Å². The lowest BCUT2D eigenvalue weighted by Crippen LogP contribution is -2.15. The van der Waals surface area contributed by atoms with Gasteiger partial charge < -0.3 is 14.7 Å². The molecule has 0 aliphatic rings. The van der Waals surface area contributed by atoms with E-state index < -0.39 is 16.0 Å². The summed E-state index contributed by atoms with van der Waals surface area (Å²) in [5.41, 5.74) is 0.892. The normalized spacial score (nSPS) is 11.3. The fraction of sp³-hybridized carbons (Fsp3) is 0.250. The van der Waals surface area contributed by atoms with Crippen molar-refractivity contribution < 1.29 is 17.9 Å². The van der Waals surface area contributed by atoms with Crippen LogP contribution in [-0.2, 0) is 14.8 Å². The van der Waals surface area contributed by atoms with E-state index in [4.69, 9.17) is 4.74 Å². The van der Waals surface area contributed by atoms with Gasteiger partial charge in [-0.25, -0.2) is 13.2 Å². The molecule has 0 aromatic carbocycles. The van der Waals surface area contributed by atoms with Crippen LogP contribution in [0.2, 0.25) is 0 Å². The first kappa shape index (κ1) is 14.2. The maximum Gasteiger partial charge on any atom is 0.342 e. The second kappa shape index (κ2) is 5.41. The molecule has 0 aliphatic carbocycles. The van der Waals surface area contributed by atoms with Gasteiger partial charge in [-0.3, -0.25) is 4.72 Å². The molecule has 0 bridgehead atoms. The summed E-state index contributed by atoms with van der Waals surface area (Å²) in [5.74, 6) is -0.571. The third-order valence-electron chi connectivity index (χ3n) is 2.68. The number of carbonyl (C=O) groups is 1. The van der Waals surface area contributed by atoms with Crippen LogP contribution in [0.3, 0.4) is 0 Å². The number of aromatic nitrogens is 2. The Labute approximate surface area is 116 Å². The number of ether oxygens (including phenoxy) is 1. The third-order valence-corrected chi connectivity index (χ3v) is 4.04. The first-order valence-electron chi connectivity index (χ1n) is 5.96. The molecule has 0 radical (unpaired) electrons. The summed E-state index contributed by atoms with van der Waals surface area (Å²) in [5, 5.41) is 0. The molecule has 0 fully saturated rings.